The van der Waals surface area contributed by atoms with Crippen molar-refractivity contribution in [1.29, 1.82) is 0 Å². The van der Waals surface area contributed by atoms with Crippen LogP contribution in [0, 0.1) is 0 Å². The van der Waals surface area contributed by atoms with Crippen LogP contribution in [0.15, 0.2) is 48.8 Å². The molecule has 2 atom stereocenters. The number of ether oxygens (including phenoxy) is 3. The molecule has 0 amide bonds. The minimum Gasteiger partial charge on any atom is -0.458 e. The average molecular weight is 400 g/mol. The van der Waals surface area contributed by atoms with Crippen molar-refractivity contribution in [2.75, 3.05) is 19.8 Å². The molecule has 0 spiro atoms. The predicted molar refractivity (Wildman–Crippen MR) is 95.2 cm³/mol. The van der Waals surface area contributed by atoms with Gasteiger partial charge in [0.1, 0.15) is 6.61 Å². The summed E-state index contributed by atoms with van der Waals surface area (Å²) in [5, 5.41) is 8.83. The van der Waals surface area contributed by atoms with E-state index >= 15 is 0 Å². The van der Waals surface area contributed by atoms with Gasteiger partial charge in [0, 0.05) is 18.9 Å². The van der Waals surface area contributed by atoms with E-state index in [1.807, 2.05) is 0 Å². The van der Waals surface area contributed by atoms with E-state index in [-0.39, 0.29) is 24.9 Å². The molecule has 0 aromatic heterocycles. The van der Waals surface area contributed by atoms with Crippen molar-refractivity contribution in [2.24, 2.45) is 0 Å². The van der Waals surface area contributed by atoms with Crippen LogP contribution in [0.25, 0.3) is 0 Å². The molecule has 0 radical (unpaired) electrons. The minimum absolute atomic E-state index is 0.00645. The molecule has 0 fully saturated rings. The van der Waals surface area contributed by atoms with Crippen molar-refractivity contribution in [3.05, 3.63) is 59.9 Å². The Hall–Kier alpha value is -2.32. The smallest absolute Gasteiger partial charge is 0.416 e. The highest BCUT2D eigenvalue weighted by Gasteiger charge is 2.32. The van der Waals surface area contributed by atoms with Gasteiger partial charge in [-0.05, 0) is 36.6 Å². The molecule has 154 valence electrons. The van der Waals surface area contributed by atoms with Gasteiger partial charge in [0.2, 0.25) is 12.0 Å². The Bertz CT molecular complexity index is 682. The average Bonchev–Trinajstić information content (AvgIpc) is 2.68. The summed E-state index contributed by atoms with van der Waals surface area (Å²) in [7, 11) is 0. The predicted octanol–water partition coefficient (Wildman–Crippen LogP) is 3.94. The maximum absolute atomic E-state index is 12.8. The molecule has 5 nitrogen and oxygen atoms in total. The van der Waals surface area contributed by atoms with Gasteiger partial charge in [-0.1, -0.05) is 24.8 Å². The van der Waals surface area contributed by atoms with Crippen molar-refractivity contribution >= 4 is 5.97 Å². The van der Waals surface area contributed by atoms with Crippen LogP contribution in [-0.2, 0) is 25.2 Å². The lowest BCUT2D eigenvalue weighted by Crippen LogP contribution is -2.28. The first kappa shape index (κ1) is 22.0. The van der Waals surface area contributed by atoms with Crippen molar-refractivity contribution in [1.82, 2.24) is 0 Å². The normalized spacial score (nSPS) is 19.5. The third-order valence-electron chi connectivity index (χ3n) is 4.11. The van der Waals surface area contributed by atoms with E-state index in [4.69, 9.17) is 19.3 Å². The first-order chi connectivity index (χ1) is 13.3. The van der Waals surface area contributed by atoms with Gasteiger partial charge in [-0.15, -0.1) is 0 Å². The van der Waals surface area contributed by atoms with Crippen molar-refractivity contribution < 1.29 is 37.3 Å². The van der Waals surface area contributed by atoms with Crippen LogP contribution in [0.2, 0.25) is 0 Å². The second kappa shape index (κ2) is 10.3. The lowest BCUT2D eigenvalue weighted by Gasteiger charge is -2.29. The Balaban J connectivity index is 2.16. The number of carbonyl (C=O) groups excluding carboxylic acids is 1. The molecule has 8 heteroatoms. The zero-order valence-electron chi connectivity index (χ0n) is 15.3. The number of carbonyl (C=O) groups is 1. The summed E-state index contributed by atoms with van der Waals surface area (Å²) in [6.07, 6.45) is -0.702. The fourth-order valence-corrected chi connectivity index (χ4v) is 2.69. The van der Waals surface area contributed by atoms with E-state index in [1.165, 1.54) is 24.3 Å². The van der Waals surface area contributed by atoms with Gasteiger partial charge in [-0.2, -0.15) is 13.2 Å². The van der Waals surface area contributed by atoms with E-state index in [2.05, 4.69) is 6.58 Å². The Morgan fingerprint density at radius 3 is 2.61 bits per heavy atom. The van der Waals surface area contributed by atoms with Gasteiger partial charge in [-0.25, -0.2) is 4.79 Å². The first-order valence-electron chi connectivity index (χ1n) is 8.91. The van der Waals surface area contributed by atoms with Gasteiger partial charge < -0.3 is 19.3 Å². The summed E-state index contributed by atoms with van der Waals surface area (Å²) in [4.78, 5) is 12.1. The standard InChI is InChI=1S/C20H23F3O5/c1-2-10-27-19(25)17-12-15(13-18(28-17)26-11-4-3-9-24)14-5-7-16(8-6-14)20(21,22)23/h2,5-8,12,15,18,24H,1,3-4,9-11,13H2/t15-,18+/m1/s1. The molecule has 1 N–H and O–H groups in total. The van der Waals surface area contributed by atoms with Crippen LogP contribution in [0.5, 0.6) is 0 Å². The molecule has 0 unspecified atom stereocenters. The summed E-state index contributed by atoms with van der Waals surface area (Å²) in [5.41, 5.74) is -0.135. The summed E-state index contributed by atoms with van der Waals surface area (Å²) >= 11 is 0. The minimum atomic E-state index is -4.41. The SMILES string of the molecule is C=CCOC(=O)C1=C[C@@H](c2ccc(C(F)(F)F)cc2)C[C@@H](OCCCCO)O1. The van der Waals surface area contributed by atoms with Gasteiger partial charge in [-0.3, -0.25) is 0 Å². The Kier molecular flexibility index (Phi) is 8.07. The number of hydrogen-bond acceptors (Lipinski definition) is 5. The molecule has 1 aliphatic heterocycles. The highest BCUT2D eigenvalue weighted by Crippen LogP contribution is 2.34. The Morgan fingerprint density at radius 1 is 1.29 bits per heavy atom. The molecule has 0 saturated carbocycles. The number of halogens is 3. The molecular weight excluding hydrogens is 377 g/mol. The second-order valence-corrected chi connectivity index (χ2v) is 6.23. The summed E-state index contributed by atoms with van der Waals surface area (Å²) in [6, 6.07) is 4.77. The number of alkyl halides is 3. The summed E-state index contributed by atoms with van der Waals surface area (Å²) < 4.78 is 54.5. The maximum atomic E-state index is 12.8. The molecular formula is C20H23F3O5. The van der Waals surface area contributed by atoms with Crippen LogP contribution in [0.3, 0.4) is 0 Å². The third-order valence-corrected chi connectivity index (χ3v) is 4.11. The molecule has 0 bridgehead atoms. The highest BCUT2D eigenvalue weighted by molar-refractivity contribution is 5.86. The summed E-state index contributed by atoms with van der Waals surface area (Å²) in [5.74, 6) is -1.12. The lowest BCUT2D eigenvalue weighted by molar-refractivity contribution is -0.160. The van der Waals surface area contributed by atoms with E-state index in [0.717, 1.165) is 12.1 Å². The fourth-order valence-electron chi connectivity index (χ4n) is 2.69. The summed E-state index contributed by atoms with van der Waals surface area (Å²) in [6.45, 7) is 3.84. The van der Waals surface area contributed by atoms with Gasteiger partial charge >= 0.3 is 12.1 Å². The van der Waals surface area contributed by atoms with Crippen LogP contribution in [0.4, 0.5) is 13.2 Å². The van der Waals surface area contributed by atoms with E-state index < -0.39 is 24.0 Å². The van der Waals surface area contributed by atoms with Gasteiger partial charge in [0.05, 0.1) is 12.2 Å². The number of unbranched alkanes of at least 4 members (excludes halogenated alkanes) is 1. The van der Waals surface area contributed by atoms with E-state index in [1.54, 1.807) is 0 Å². The highest BCUT2D eigenvalue weighted by atomic mass is 19.4. The zero-order chi connectivity index (χ0) is 20.6. The molecule has 28 heavy (non-hydrogen) atoms. The molecule has 1 aromatic carbocycles. The monoisotopic (exact) mass is 400 g/mol. The molecule has 2 rings (SSSR count). The number of rotatable bonds is 9. The van der Waals surface area contributed by atoms with E-state index in [0.29, 0.717) is 31.4 Å². The topological polar surface area (TPSA) is 65.0 Å². The van der Waals surface area contributed by atoms with Gasteiger partial charge in [0.15, 0.2) is 0 Å². The fraction of sp³-hybridized carbons (Fsp3) is 0.450. The second-order valence-electron chi connectivity index (χ2n) is 6.23. The zero-order valence-corrected chi connectivity index (χ0v) is 15.3. The lowest BCUT2D eigenvalue weighted by atomic mass is 9.92. The van der Waals surface area contributed by atoms with Crippen LogP contribution >= 0.6 is 0 Å². The Labute approximate surface area is 161 Å². The molecule has 1 aromatic rings. The molecule has 0 aliphatic carbocycles. The molecule has 0 saturated heterocycles. The number of aliphatic hydroxyl groups excluding tert-OH is 1. The quantitative estimate of drug-likeness (QED) is 0.387. The first-order valence-corrected chi connectivity index (χ1v) is 8.91. The molecule has 1 heterocycles. The van der Waals surface area contributed by atoms with Gasteiger partial charge in [0.25, 0.3) is 0 Å². The number of hydrogen-bond donors (Lipinski definition) is 1. The van der Waals surface area contributed by atoms with E-state index in [9.17, 15) is 18.0 Å². The number of allylic oxidation sites excluding steroid dienone is 1. The largest absolute Gasteiger partial charge is 0.458 e. The maximum Gasteiger partial charge on any atom is 0.416 e. The van der Waals surface area contributed by atoms with Crippen molar-refractivity contribution in [3.8, 4) is 0 Å². The van der Waals surface area contributed by atoms with Crippen LogP contribution in [-0.4, -0.2) is 37.2 Å². The Morgan fingerprint density at radius 2 is 2.00 bits per heavy atom. The van der Waals surface area contributed by atoms with Crippen molar-refractivity contribution in [2.45, 2.75) is 37.6 Å². The van der Waals surface area contributed by atoms with Crippen LogP contribution < -0.4 is 0 Å². The molecule has 1 aliphatic rings. The number of aliphatic hydroxyl groups is 1. The van der Waals surface area contributed by atoms with Crippen LogP contribution in [0.1, 0.15) is 36.3 Å². The number of benzene rings is 1. The number of esters is 1. The third kappa shape index (κ3) is 6.38. The van der Waals surface area contributed by atoms with Crippen molar-refractivity contribution in [3.63, 3.8) is 0 Å².